The number of likely N-dealkylation sites (tertiary alicyclic amines) is 1. The first-order chi connectivity index (χ1) is 8.46. The Labute approximate surface area is 109 Å². The maximum atomic E-state index is 11.4. The van der Waals surface area contributed by atoms with E-state index < -0.39 is 21.8 Å². The van der Waals surface area contributed by atoms with E-state index in [1.807, 2.05) is 4.90 Å². The minimum absolute atomic E-state index is 0.159. The van der Waals surface area contributed by atoms with Gasteiger partial charge in [-0.05, 0) is 32.4 Å². The summed E-state index contributed by atoms with van der Waals surface area (Å²) in [5.41, 5.74) is 0. The molecule has 0 bridgehead atoms. The van der Waals surface area contributed by atoms with Gasteiger partial charge in [-0.2, -0.15) is 0 Å². The van der Waals surface area contributed by atoms with Crippen LogP contribution in [0.15, 0.2) is 0 Å². The van der Waals surface area contributed by atoms with Crippen molar-refractivity contribution in [2.75, 3.05) is 24.6 Å². The third-order valence-corrected chi connectivity index (χ3v) is 5.28. The van der Waals surface area contributed by atoms with Crippen LogP contribution >= 0.6 is 0 Å². The first kappa shape index (κ1) is 15.4. The van der Waals surface area contributed by atoms with Crippen LogP contribution in [0.1, 0.15) is 39.0 Å². The molecule has 0 amide bonds. The standard InChI is InChI=1S/C12H23NO4S/c1-2-18(16,17)10-6-9-13-8-5-3-4-7-11(13)12(14)15/h11H,2-10H2,1H3,(H,14,15). The van der Waals surface area contributed by atoms with Crippen molar-refractivity contribution in [1.82, 2.24) is 4.90 Å². The van der Waals surface area contributed by atoms with E-state index in [1.165, 1.54) is 0 Å². The number of carboxylic acids is 1. The average molecular weight is 277 g/mol. The highest BCUT2D eigenvalue weighted by Gasteiger charge is 2.26. The van der Waals surface area contributed by atoms with Gasteiger partial charge in [0.2, 0.25) is 0 Å². The van der Waals surface area contributed by atoms with Gasteiger partial charge in [0, 0.05) is 5.75 Å². The van der Waals surface area contributed by atoms with Gasteiger partial charge in [0.25, 0.3) is 0 Å². The zero-order valence-corrected chi connectivity index (χ0v) is 11.8. The molecule has 0 saturated carbocycles. The lowest BCUT2D eigenvalue weighted by atomic mass is 10.1. The lowest BCUT2D eigenvalue weighted by Crippen LogP contribution is -2.41. The van der Waals surface area contributed by atoms with Crippen LogP contribution in [0.3, 0.4) is 0 Å². The lowest BCUT2D eigenvalue weighted by molar-refractivity contribution is -0.143. The highest BCUT2D eigenvalue weighted by atomic mass is 32.2. The predicted molar refractivity (Wildman–Crippen MR) is 70.4 cm³/mol. The Bertz CT molecular complexity index is 366. The van der Waals surface area contributed by atoms with Gasteiger partial charge < -0.3 is 5.11 Å². The van der Waals surface area contributed by atoms with Crippen LogP contribution in [0.2, 0.25) is 0 Å². The van der Waals surface area contributed by atoms with Crippen molar-refractivity contribution >= 4 is 15.8 Å². The Morgan fingerprint density at radius 2 is 2.06 bits per heavy atom. The highest BCUT2D eigenvalue weighted by molar-refractivity contribution is 7.91. The third kappa shape index (κ3) is 4.94. The topological polar surface area (TPSA) is 74.7 Å². The summed E-state index contributed by atoms with van der Waals surface area (Å²) in [6.45, 7) is 2.97. The van der Waals surface area contributed by atoms with Gasteiger partial charge >= 0.3 is 5.97 Å². The molecule has 1 heterocycles. The van der Waals surface area contributed by atoms with E-state index >= 15 is 0 Å². The van der Waals surface area contributed by atoms with Gasteiger partial charge in [-0.15, -0.1) is 0 Å². The first-order valence-corrected chi connectivity index (χ1v) is 8.45. The van der Waals surface area contributed by atoms with E-state index in [-0.39, 0.29) is 11.5 Å². The zero-order chi connectivity index (χ0) is 13.6. The van der Waals surface area contributed by atoms with Crippen molar-refractivity contribution in [3.63, 3.8) is 0 Å². The molecule has 1 unspecified atom stereocenters. The molecule has 6 heteroatoms. The van der Waals surface area contributed by atoms with Crippen LogP contribution in [0.4, 0.5) is 0 Å². The minimum atomic E-state index is -2.94. The van der Waals surface area contributed by atoms with Gasteiger partial charge in [-0.3, -0.25) is 9.69 Å². The highest BCUT2D eigenvalue weighted by Crippen LogP contribution is 2.17. The maximum Gasteiger partial charge on any atom is 0.320 e. The van der Waals surface area contributed by atoms with Crippen LogP contribution in [-0.4, -0.2) is 55.0 Å². The summed E-state index contributed by atoms with van der Waals surface area (Å²) in [5, 5.41) is 9.18. The second-order valence-corrected chi connectivity index (χ2v) is 7.30. The molecular weight excluding hydrogens is 254 g/mol. The Hall–Kier alpha value is -0.620. The van der Waals surface area contributed by atoms with Gasteiger partial charge in [-0.25, -0.2) is 8.42 Å². The molecule has 1 aliphatic rings. The third-order valence-electron chi connectivity index (χ3n) is 3.49. The Balaban J connectivity index is 2.49. The van der Waals surface area contributed by atoms with Crippen LogP contribution < -0.4 is 0 Å². The molecule has 1 aliphatic heterocycles. The molecule has 0 aromatic carbocycles. The van der Waals surface area contributed by atoms with E-state index in [1.54, 1.807) is 6.92 Å². The van der Waals surface area contributed by atoms with Crippen molar-refractivity contribution in [1.29, 1.82) is 0 Å². The molecule has 0 spiro atoms. The number of hydrogen-bond acceptors (Lipinski definition) is 4. The number of sulfone groups is 1. The second kappa shape index (κ2) is 7.09. The van der Waals surface area contributed by atoms with Crippen LogP contribution in [-0.2, 0) is 14.6 Å². The van der Waals surface area contributed by atoms with Crippen molar-refractivity contribution in [2.24, 2.45) is 0 Å². The van der Waals surface area contributed by atoms with Crippen molar-refractivity contribution in [3.05, 3.63) is 0 Å². The molecule has 106 valence electrons. The Kier molecular flexibility index (Phi) is 6.08. The van der Waals surface area contributed by atoms with E-state index in [2.05, 4.69) is 0 Å². The zero-order valence-electron chi connectivity index (χ0n) is 11.0. The van der Waals surface area contributed by atoms with Crippen LogP contribution in [0.25, 0.3) is 0 Å². The number of carboxylic acid groups (broad SMARTS) is 1. The Morgan fingerprint density at radius 1 is 1.33 bits per heavy atom. The molecule has 0 aromatic heterocycles. The number of rotatable bonds is 6. The molecule has 1 rings (SSSR count). The van der Waals surface area contributed by atoms with E-state index in [0.717, 1.165) is 25.8 Å². The molecule has 0 radical (unpaired) electrons. The predicted octanol–water partition coefficient (Wildman–Crippen LogP) is 1.14. The van der Waals surface area contributed by atoms with E-state index in [4.69, 9.17) is 0 Å². The summed E-state index contributed by atoms with van der Waals surface area (Å²) in [6, 6.07) is -0.433. The first-order valence-electron chi connectivity index (χ1n) is 6.63. The summed E-state index contributed by atoms with van der Waals surface area (Å²) in [6.07, 6.45) is 4.22. The molecule has 0 aromatic rings. The largest absolute Gasteiger partial charge is 0.480 e. The number of nitrogens with zero attached hydrogens (tertiary/aromatic N) is 1. The van der Waals surface area contributed by atoms with Crippen molar-refractivity contribution < 1.29 is 18.3 Å². The monoisotopic (exact) mass is 277 g/mol. The summed E-state index contributed by atoms with van der Waals surface area (Å²) < 4.78 is 22.8. The van der Waals surface area contributed by atoms with Crippen LogP contribution in [0, 0.1) is 0 Å². The summed E-state index contributed by atoms with van der Waals surface area (Å²) in [7, 11) is -2.94. The number of aliphatic carboxylic acids is 1. The van der Waals surface area contributed by atoms with Gasteiger partial charge in [0.15, 0.2) is 0 Å². The molecular formula is C12H23NO4S. The molecule has 5 nitrogen and oxygen atoms in total. The fraction of sp³-hybridized carbons (Fsp3) is 0.917. The molecule has 0 aliphatic carbocycles. The van der Waals surface area contributed by atoms with Crippen molar-refractivity contribution in [2.45, 2.75) is 45.1 Å². The fourth-order valence-electron chi connectivity index (χ4n) is 2.35. The van der Waals surface area contributed by atoms with E-state index in [0.29, 0.717) is 19.4 Å². The summed E-state index contributed by atoms with van der Waals surface area (Å²) in [4.78, 5) is 13.1. The molecule has 1 saturated heterocycles. The number of carbonyl (C=O) groups is 1. The Morgan fingerprint density at radius 3 is 2.67 bits per heavy atom. The lowest BCUT2D eigenvalue weighted by Gasteiger charge is -2.26. The fourth-order valence-corrected chi connectivity index (χ4v) is 3.20. The van der Waals surface area contributed by atoms with Crippen LogP contribution in [0.5, 0.6) is 0 Å². The summed E-state index contributed by atoms with van der Waals surface area (Å²) >= 11 is 0. The normalized spacial score (nSPS) is 22.6. The summed E-state index contributed by atoms with van der Waals surface area (Å²) in [5.74, 6) is -0.461. The molecule has 1 N–H and O–H groups in total. The maximum absolute atomic E-state index is 11.4. The smallest absolute Gasteiger partial charge is 0.320 e. The minimum Gasteiger partial charge on any atom is -0.480 e. The average Bonchev–Trinajstić information content (AvgIpc) is 2.54. The van der Waals surface area contributed by atoms with Gasteiger partial charge in [-0.1, -0.05) is 19.8 Å². The van der Waals surface area contributed by atoms with Gasteiger partial charge in [0.05, 0.1) is 5.75 Å². The number of hydrogen-bond donors (Lipinski definition) is 1. The molecule has 1 fully saturated rings. The molecule has 1 atom stereocenters. The van der Waals surface area contributed by atoms with Crippen molar-refractivity contribution in [3.8, 4) is 0 Å². The van der Waals surface area contributed by atoms with E-state index in [9.17, 15) is 18.3 Å². The quantitative estimate of drug-likeness (QED) is 0.788. The SMILES string of the molecule is CCS(=O)(=O)CCCN1CCCCCC1C(=O)O. The second-order valence-electron chi connectivity index (χ2n) is 4.83. The molecule has 18 heavy (non-hydrogen) atoms. The van der Waals surface area contributed by atoms with Gasteiger partial charge in [0.1, 0.15) is 15.9 Å².